The molecule has 0 heterocycles. The second-order valence-corrected chi connectivity index (χ2v) is 3.84. The van der Waals surface area contributed by atoms with Crippen LogP contribution in [0, 0.1) is 18.6 Å². The third-order valence-electron chi connectivity index (χ3n) is 2.48. The van der Waals surface area contributed by atoms with Crippen LogP contribution in [0.25, 0.3) is 0 Å². The fraction of sp³-hybridized carbons (Fsp3) is 0.0714. The molecule has 0 unspecified atom stereocenters. The lowest BCUT2D eigenvalue weighted by atomic mass is 10.1. The zero-order valence-electron chi connectivity index (χ0n) is 9.82. The van der Waals surface area contributed by atoms with E-state index in [-0.39, 0.29) is 11.1 Å². The average Bonchev–Trinajstić information content (AvgIpc) is 2.40. The number of aryl methyl sites for hydroxylation is 1. The van der Waals surface area contributed by atoms with E-state index in [9.17, 15) is 8.78 Å². The lowest BCUT2D eigenvalue weighted by Gasteiger charge is -2.02. The van der Waals surface area contributed by atoms with E-state index in [1.807, 2.05) is 30.3 Å². The SMILES string of the molecule is Cc1ccc(C=NNc2ccccc2)c(F)c1F. The molecule has 0 fully saturated rings. The number of benzene rings is 2. The van der Waals surface area contributed by atoms with Crippen LogP contribution in [0.3, 0.4) is 0 Å². The first kappa shape index (κ1) is 12.2. The normalized spacial score (nSPS) is 10.8. The van der Waals surface area contributed by atoms with Crippen molar-refractivity contribution in [3.8, 4) is 0 Å². The topological polar surface area (TPSA) is 24.4 Å². The Kier molecular flexibility index (Phi) is 3.67. The zero-order valence-corrected chi connectivity index (χ0v) is 9.82. The average molecular weight is 246 g/mol. The minimum atomic E-state index is -0.881. The van der Waals surface area contributed by atoms with Gasteiger partial charge in [-0.1, -0.05) is 24.3 Å². The molecule has 2 aromatic carbocycles. The summed E-state index contributed by atoms with van der Waals surface area (Å²) in [4.78, 5) is 0. The van der Waals surface area contributed by atoms with Crippen molar-refractivity contribution in [2.24, 2.45) is 5.10 Å². The molecule has 1 N–H and O–H groups in total. The number of nitrogens with zero attached hydrogens (tertiary/aromatic N) is 1. The van der Waals surface area contributed by atoms with E-state index in [0.717, 1.165) is 5.69 Å². The molecular formula is C14H12F2N2. The van der Waals surface area contributed by atoms with Gasteiger partial charge in [0.05, 0.1) is 11.9 Å². The number of para-hydroxylation sites is 1. The van der Waals surface area contributed by atoms with Crippen LogP contribution in [0.15, 0.2) is 47.6 Å². The summed E-state index contributed by atoms with van der Waals surface area (Å²) in [5.74, 6) is -1.72. The molecule has 0 saturated heterocycles. The van der Waals surface area contributed by atoms with Gasteiger partial charge in [0, 0.05) is 5.56 Å². The molecule has 0 aliphatic carbocycles. The third kappa shape index (κ3) is 2.71. The fourth-order valence-electron chi connectivity index (χ4n) is 1.45. The Hall–Kier alpha value is -2.23. The van der Waals surface area contributed by atoms with E-state index in [2.05, 4.69) is 10.5 Å². The van der Waals surface area contributed by atoms with Gasteiger partial charge < -0.3 is 0 Å². The van der Waals surface area contributed by atoms with Crippen molar-refractivity contribution in [2.75, 3.05) is 5.43 Å². The highest BCUT2D eigenvalue weighted by atomic mass is 19.2. The number of hydrogen-bond donors (Lipinski definition) is 1. The highest BCUT2D eigenvalue weighted by Gasteiger charge is 2.08. The summed E-state index contributed by atoms with van der Waals surface area (Å²) in [5, 5.41) is 3.86. The maximum atomic E-state index is 13.5. The van der Waals surface area contributed by atoms with Gasteiger partial charge in [-0.05, 0) is 30.7 Å². The van der Waals surface area contributed by atoms with E-state index in [0.29, 0.717) is 0 Å². The van der Waals surface area contributed by atoms with E-state index < -0.39 is 11.6 Å². The molecule has 0 aliphatic heterocycles. The number of anilines is 1. The Bertz CT molecular complexity index is 566. The molecule has 0 aromatic heterocycles. The van der Waals surface area contributed by atoms with Gasteiger partial charge in [0.25, 0.3) is 0 Å². The first-order chi connectivity index (χ1) is 8.68. The quantitative estimate of drug-likeness (QED) is 0.647. The van der Waals surface area contributed by atoms with Gasteiger partial charge in [-0.25, -0.2) is 8.78 Å². The highest BCUT2D eigenvalue weighted by molar-refractivity contribution is 5.80. The molecular weight excluding hydrogens is 234 g/mol. The molecule has 2 nitrogen and oxygen atoms in total. The van der Waals surface area contributed by atoms with E-state index >= 15 is 0 Å². The number of halogens is 2. The summed E-state index contributed by atoms with van der Waals surface area (Å²) >= 11 is 0. The first-order valence-electron chi connectivity index (χ1n) is 5.47. The summed E-state index contributed by atoms with van der Waals surface area (Å²) in [6.45, 7) is 1.52. The maximum absolute atomic E-state index is 13.5. The van der Waals surface area contributed by atoms with Crippen LogP contribution in [0.4, 0.5) is 14.5 Å². The van der Waals surface area contributed by atoms with Crippen LogP contribution in [0.2, 0.25) is 0 Å². The fourth-order valence-corrected chi connectivity index (χ4v) is 1.45. The third-order valence-corrected chi connectivity index (χ3v) is 2.48. The molecule has 18 heavy (non-hydrogen) atoms. The van der Waals surface area contributed by atoms with Crippen LogP contribution in [0.5, 0.6) is 0 Å². The molecule has 4 heteroatoms. The Morgan fingerprint density at radius 2 is 1.72 bits per heavy atom. The summed E-state index contributed by atoms with van der Waals surface area (Å²) in [6, 6.07) is 12.2. The number of hydrazone groups is 1. The Balaban J connectivity index is 2.13. The Morgan fingerprint density at radius 1 is 1.00 bits per heavy atom. The summed E-state index contributed by atoms with van der Waals surface area (Å²) in [5.41, 5.74) is 3.91. The molecule has 0 spiro atoms. The highest BCUT2D eigenvalue weighted by Crippen LogP contribution is 2.14. The standard InChI is InChI=1S/C14H12F2N2/c1-10-7-8-11(14(16)13(10)15)9-17-18-12-5-3-2-4-6-12/h2-9,18H,1H3. The predicted octanol–water partition coefficient (Wildman–Crippen LogP) is 3.72. The predicted molar refractivity (Wildman–Crippen MR) is 68.8 cm³/mol. The molecule has 2 rings (SSSR count). The number of rotatable bonds is 3. The summed E-state index contributed by atoms with van der Waals surface area (Å²) in [7, 11) is 0. The number of nitrogens with one attached hydrogen (secondary N) is 1. The van der Waals surface area contributed by atoms with Crippen LogP contribution in [0.1, 0.15) is 11.1 Å². The molecule has 0 bridgehead atoms. The van der Waals surface area contributed by atoms with Crippen molar-refractivity contribution < 1.29 is 8.78 Å². The molecule has 0 atom stereocenters. The monoisotopic (exact) mass is 246 g/mol. The molecule has 92 valence electrons. The minimum absolute atomic E-state index is 0.113. The van der Waals surface area contributed by atoms with Gasteiger partial charge in [0.1, 0.15) is 0 Å². The van der Waals surface area contributed by atoms with Crippen molar-refractivity contribution in [3.05, 3.63) is 65.2 Å². The van der Waals surface area contributed by atoms with Crippen LogP contribution < -0.4 is 5.43 Å². The van der Waals surface area contributed by atoms with Crippen molar-refractivity contribution in [2.45, 2.75) is 6.92 Å². The van der Waals surface area contributed by atoms with Crippen molar-refractivity contribution >= 4 is 11.9 Å². The number of hydrogen-bond acceptors (Lipinski definition) is 2. The lowest BCUT2D eigenvalue weighted by Crippen LogP contribution is -1.97. The second-order valence-electron chi connectivity index (χ2n) is 3.84. The zero-order chi connectivity index (χ0) is 13.0. The molecule has 2 aromatic rings. The van der Waals surface area contributed by atoms with Crippen molar-refractivity contribution in [1.29, 1.82) is 0 Å². The van der Waals surface area contributed by atoms with Crippen molar-refractivity contribution in [1.82, 2.24) is 0 Å². The van der Waals surface area contributed by atoms with E-state index in [4.69, 9.17) is 0 Å². The largest absolute Gasteiger partial charge is 0.279 e. The Labute approximate surface area is 104 Å². The molecule has 0 amide bonds. The van der Waals surface area contributed by atoms with E-state index in [1.165, 1.54) is 25.3 Å². The van der Waals surface area contributed by atoms with Gasteiger partial charge in [-0.2, -0.15) is 5.10 Å². The van der Waals surface area contributed by atoms with Crippen LogP contribution in [-0.2, 0) is 0 Å². The van der Waals surface area contributed by atoms with Gasteiger partial charge >= 0.3 is 0 Å². The molecule has 0 aliphatic rings. The Morgan fingerprint density at radius 3 is 2.44 bits per heavy atom. The van der Waals surface area contributed by atoms with E-state index in [1.54, 1.807) is 0 Å². The second kappa shape index (κ2) is 5.40. The summed E-state index contributed by atoms with van der Waals surface area (Å²) < 4.78 is 26.8. The minimum Gasteiger partial charge on any atom is -0.279 e. The van der Waals surface area contributed by atoms with Crippen LogP contribution in [-0.4, -0.2) is 6.21 Å². The first-order valence-corrected chi connectivity index (χ1v) is 5.47. The molecule has 0 radical (unpaired) electrons. The van der Waals surface area contributed by atoms with Gasteiger partial charge in [0.15, 0.2) is 11.6 Å². The molecule has 0 saturated carbocycles. The smallest absolute Gasteiger partial charge is 0.167 e. The van der Waals surface area contributed by atoms with Gasteiger partial charge in [0.2, 0.25) is 0 Å². The summed E-state index contributed by atoms with van der Waals surface area (Å²) in [6.07, 6.45) is 1.25. The van der Waals surface area contributed by atoms with Gasteiger partial charge in [-0.15, -0.1) is 0 Å². The van der Waals surface area contributed by atoms with Crippen molar-refractivity contribution in [3.63, 3.8) is 0 Å². The lowest BCUT2D eigenvalue weighted by molar-refractivity contribution is 0.502. The van der Waals surface area contributed by atoms with Crippen LogP contribution >= 0.6 is 0 Å². The maximum Gasteiger partial charge on any atom is 0.167 e. The van der Waals surface area contributed by atoms with Gasteiger partial charge in [-0.3, -0.25) is 5.43 Å².